The average molecular weight is 297 g/mol. The van der Waals surface area contributed by atoms with Gasteiger partial charge in [0.15, 0.2) is 0 Å². The van der Waals surface area contributed by atoms with Crippen LogP contribution in [0.5, 0.6) is 0 Å². The number of benzene rings is 1. The Bertz CT molecular complexity index is 583. The van der Waals surface area contributed by atoms with Crippen molar-refractivity contribution in [1.82, 2.24) is 4.31 Å². The fourth-order valence-corrected chi connectivity index (χ4v) is 4.55. The minimum atomic E-state index is -3.46. The van der Waals surface area contributed by atoms with Crippen molar-refractivity contribution >= 4 is 10.0 Å². The monoisotopic (exact) mass is 297 g/mol. The third kappa shape index (κ3) is 2.90. The zero-order chi connectivity index (χ0) is 14.9. The van der Waals surface area contributed by atoms with Gasteiger partial charge in [-0.2, -0.15) is 4.31 Å². The maximum absolute atomic E-state index is 12.8. The van der Waals surface area contributed by atoms with E-state index >= 15 is 0 Å². The standard InChI is InChI=1S/C15H23NO3S/c1-4-13-10-16(8-7-14(13)17)20(18,19)15-9-11(2)5-6-12(15)3/h5-6,9,13-14,17H,4,7-8,10H2,1-3H3. The molecule has 2 rings (SSSR count). The molecule has 1 heterocycles. The zero-order valence-electron chi connectivity index (χ0n) is 12.3. The molecule has 5 heteroatoms. The summed E-state index contributed by atoms with van der Waals surface area (Å²) in [5, 5.41) is 9.90. The molecule has 0 aliphatic carbocycles. The minimum absolute atomic E-state index is 0.0311. The van der Waals surface area contributed by atoms with E-state index in [-0.39, 0.29) is 12.0 Å². The van der Waals surface area contributed by atoms with Gasteiger partial charge in [0.25, 0.3) is 0 Å². The quantitative estimate of drug-likeness (QED) is 0.929. The first kappa shape index (κ1) is 15.5. The van der Waals surface area contributed by atoms with Crippen LogP contribution in [0.25, 0.3) is 0 Å². The third-order valence-electron chi connectivity index (χ3n) is 4.14. The van der Waals surface area contributed by atoms with Crippen LogP contribution in [-0.2, 0) is 10.0 Å². The summed E-state index contributed by atoms with van der Waals surface area (Å²) in [6.45, 7) is 6.51. The van der Waals surface area contributed by atoms with Gasteiger partial charge in [-0.3, -0.25) is 0 Å². The highest BCUT2D eigenvalue weighted by molar-refractivity contribution is 7.89. The summed E-state index contributed by atoms with van der Waals surface area (Å²) in [5.74, 6) is 0.0311. The van der Waals surface area contributed by atoms with E-state index in [9.17, 15) is 13.5 Å². The first-order valence-electron chi connectivity index (χ1n) is 7.11. The van der Waals surface area contributed by atoms with E-state index in [2.05, 4.69) is 0 Å². The van der Waals surface area contributed by atoms with E-state index in [0.29, 0.717) is 24.4 Å². The van der Waals surface area contributed by atoms with E-state index in [0.717, 1.165) is 17.5 Å². The highest BCUT2D eigenvalue weighted by atomic mass is 32.2. The highest BCUT2D eigenvalue weighted by Gasteiger charge is 2.34. The lowest BCUT2D eigenvalue weighted by molar-refractivity contribution is 0.0520. The Morgan fingerprint density at radius 1 is 1.35 bits per heavy atom. The van der Waals surface area contributed by atoms with Crippen molar-refractivity contribution in [2.24, 2.45) is 5.92 Å². The fourth-order valence-electron chi connectivity index (χ4n) is 2.73. The molecule has 1 aliphatic heterocycles. The minimum Gasteiger partial charge on any atom is -0.393 e. The first-order valence-corrected chi connectivity index (χ1v) is 8.55. The van der Waals surface area contributed by atoms with Crippen molar-refractivity contribution in [3.8, 4) is 0 Å². The van der Waals surface area contributed by atoms with Crippen LogP contribution in [0.15, 0.2) is 23.1 Å². The molecule has 2 unspecified atom stereocenters. The van der Waals surface area contributed by atoms with Gasteiger partial charge in [-0.05, 0) is 49.8 Å². The molecule has 0 radical (unpaired) electrons. The fraction of sp³-hybridized carbons (Fsp3) is 0.600. The van der Waals surface area contributed by atoms with E-state index < -0.39 is 10.0 Å². The second-order valence-electron chi connectivity index (χ2n) is 5.66. The van der Waals surface area contributed by atoms with Crippen LogP contribution in [0.3, 0.4) is 0 Å². The van der Waals surface area contributed by atoms with E-state index in [1.54, 1.807) is 6.07 Å². The Morgan fingerprint density at radius 2 is 2.05 bits per heavy atom. The van der Waals surface area contributed by atoms with Crippen molar-refractivity contribution < 1.29 is 13.5 Å². The van der Waals surface area contributed by atoms with Crippen LogP contribution >= 0.6 is 0 Å². The second-order valence-corrected chi connectivity index (χ2v) is 7.56. The molecule has 0 aromatic heterocycles. The summed E-state index contributed by atoms with van der Waals surface area (Å²) >= 11 is 0. The Morgan fingerprint density at radius 3 is 2.70 bits per heavy atom. The molecule has 112 valence electrons. The summed E-state index contributed by atoms with van der Waals surface area (Å²) in [4.78, 5) is 0.392. The van der Waals surface area contributed by atoms with Crippen molar-refractivity contribution in [2.75, 3.05) is 13.1 Å². The molecule has 1 aromatic rings. The summed E-state index contributed by atoms with van der Waals surface area (Å²) in [7, 11) is -3.46. The molecule has 0 saturated carbocycles. The SMILES string of the molecule is CCC1CN(S(=O)(=O)c2cc(C)ccc2C)CCC1O. The molecule has 1 N–H and O–H groups in total. The van der Waals surface area contributed by atoms with Crippen molar-refractivity contribution in [2.45, 2.75) is 44.6 Å². The van der Waals surface area contributed by atoms with Crippen LogP contribution in [0.4, 0.5) is 0 Å². The van der Waals surface area contributed by atoms with Crippen molar-refractivity contribution in [3.05, 3.63) is 29.3 Å². The highest BCUT2D eigenvalue weighted by Crippen LogP contribution is 2.27. The molecule has 0 amide bonds. The molecule has 1 aliphatic rings. The second kappa shape index (κ2) is 5.84. The lowest BCUT2D eigenvalue weighted by Crippen LogP contribution is -2.45. The molecule has 1 fully saturated rings. The summed E-state index contributed by atoms with van der Waals surface area (Å²) < 4.78 is 27.1. The molecule has 1 saturated heterocycles. The number of hydrogen-bond donors (Lipinski definition) is 1. The number of sulfonamides is 1. The number of rotatable bonds is 3. The maximum Gasteiger partial charge on any atom is 0.243 e. The molecule has 2 atom stereocenters. The van der Waals surface area contributed by atoms with Crippen LogP contribution in [0.1, 0.15) is 30.9 Å². The van der Waals surface area contributed by atoms with Gasteiger partial charge in [0.1, 0.15) is 0 Å². The van der Waals surface area contributed by atoms with Crippen LogP contribution in [-0.4, -0.2) is 37.0 Å². The normalized spacial score (nSPS) is 24.8. The largest absolute Gasteiger partial charge is 0.393 e. The average Bonchev–Trinajstić information content (AvgIpc) is 2.41. The van der Waals surface area contributed by atoms with E-state index in [1.807, 2.05) is 32.9 Å². The van der Waals surface area contributed by atoms with Crippen molar-refractivity contribution in [3.63, 3.8) is 0 Å². The third-order valence-corrected chi connectivity index (χ3v) is 6.15. The molecule has 20 heavy (non-hydrogen) atoms. The van der Waals surface area contributed by atoms with Gasteiger partial charge in [0.05, 0.1) is 11.0 Å². The molecule has 0 bridgehead atoms. The van der Waals surface area contributed by atoms with E-state index in [4.69, 9.17) is 0 Å². The smallest absolute Gasteiger partial charge is 0.243 e. The Labute approximate surface area is 121 Å². The van der Waals surface area contributed by atoms with Crippen molar-refractivity contribution in [1.29, 1.82) is 0 Å². The van der Waals surface area contributed by atoms with Gasteiger partial charge in [-0.25, -0.2) is 8.42 Å². The van der Waals surface area contributed by atoms with Gasteiger partial charge in [-0.15, -0.1) is 0 Å². The molecule has 4 nitrogen and oxygen atoms in total. The van der Waals surface area contributed by atoms with Crippen LogP contribution < -0.4 is 0 Å². The van der Waals surface area contributed by atoms with Gasteiger partial charge >= 0.3 is 0 Å². The predicted octanol–water partition coefficient (Wildman–Crippen LogP) is 2.08. The Balaban J connectivity index is 2.33. The number of aryl methyl sites for hydroxylation is 2. The number of piperidine rings is 1. The van der Waals surface area contributed by atoms with Crippen LogP contribution in [0, 0.1) is 19.8 Å². The summed E-state index contributed by atoms with van der Waals surface area (Å²) in [5.41, 5.74) is 1.72. The number of hydrogen-bond acceptors (Lipinski definition) is 3. The van der Waals surface area contributed by atoms with Gasteiger partial charge < -0.3 is 5.11 Å². The molecular formula is C15H23NO3S. The maximum atomic E-state index is 12.8. The van der Waals surface area contributed by atoms with Crippen LogP contribution in [0.2, 0.25) is 0 Å². The summed E-state index contributed by atoms with van der Waals surface area (Å²) in [6, 6.07) is 5.50. The number of aliphatic hydroxyl groups is 1. The molecule has 0 spiro atoms. The van der Waals surface area contributed by atoms with Gasteiger partial charge in [0, 0.05) is 13.1 Å². The molecular weight excluding hydrogens is 274 g/mol. The summed E-state index contributed by atoms with van der Waals surface area (Å²) in [6.07, 6.45) is 0.924. The first-order chi connectivity index (χ1) is 9.36. The lowest BCUT2D eigenvalue weighted by Gasteiger charge is -2.35. The lowest BCUT2D eigenvalue weighted by atomic mass is 9.94. The predicted molar refractivity (Wildman–Crippen MR) is 79.1 cm³/mol. The topological polar surface area (TPSA) is 57.6 Å². The number of nitrogens with zero attached hydrogens (tertiary/aromatic N) is 1. The Kier molecular flexibility index (Phi) is 4.52. The number of aliphatic hydroxyl groups excluding tert-OH is 1. The zero-order valence-corrected chi connectivity index (χ0v) is 13.2. The van der Waals surface area contributed by atoms with E-state index in [1.165, 1.54) is 4.31 Å². The van der Waals surface area contributed by atoms with Gasteiger partial charge in [0.2, 0.25) is 10.0 Å². The Hall–Kier alpha value is -0.910. The van der Waals surface area contributed by atoms with Gasteiger partial charge in [-0.1, -0.05) is 19.1 Å². The molecule has 1 aromatic carbocycles.